The maximum atomic E-state index is 9.24. The minimum atomic E-state index is 0.120. The first-order chi connectivity index (χ1) is 8.36. The van der Waals surface area contributed by atoms with E-state index in [1.54, 1.807) is 0 Å². The van der Waals surface area contributed by atoms with E-state index in [-0.39, 0.29) is 6.73 Å². The van der Waals surface area contributed by atoms with Gasteiger partial charge in [0.25, 0.3) is 0 Å². The molecule has 17 heavy (non-hydrogen) atoms. The van der Waals surface area contributed by atoms with Crippen molar-refractivity contribution in [3.8, 4) is 0 Å². The minimum Gasteiger partial charge on any atom is -0.381 e. The summed E-state index contributed by atoms with van der Waals surface area (Å²) in [5.41, 5.74) is 6.65. The van der Waals surface area contributed by atoms with Crippen LogP contribution in [0.1, 0.15) is 12.0 Å². The molecule has 1 aromatic carbocycles. The Balaban J connectivity index is 2.18. The molecule has 0 bridgehead atoms. The van der Waals surface area contributed by atoms with Crippen molar-refractivity contribution in [3.05, 3.63) is 35.9 Å². The second-order valence-electron chi connectivity index (χ2n) is 4.05. The molecule has 0 radical (unpaired) electrons. The molecular formula is C13H23N3O. The Morgan fingerprint density at radius 1 is 1.18 bits per heavy atom. The van der Waals surface area contributed by atoms with Crippen molar-refractivity contribution >= 4 is 0 Å². The summed E-state index contributed by atoms with van der Waals surface area (Å²) in [6.07, 6.45) is 1.98. The third-order valence-corrected chi connectivity index (χ3v) is 2.73. The van der Waals surface area contributed by atoms with Crippen molar-refractivity contribution < 1.29 is 5.11 Å². The highest BCUT2D eigenvalue weighted by Crippen LogP contribution is 2.01. The standard InChI is InChI=1S/C13H23N3O/c14-11-15-8-4-9-16(12-17)10-7-13-5-2-1-3-6-13/h1-3,5-6,15,17H,4,7-12,14H2. The number of rotatable bonds is 9. The van der Waals surface area contributed by atoms with Gasteiger partial charge in [0, 0.05) is 19.8 Å². The van der Waals surface area contributed by atoms with Crippen LogP contribution in [0.15, 0.2) is 30.3 Å². The van der Waals surface area contributed by atoms with Gasteiger partial charge in [0.2, 0.25) is 0 Å². The fourth-order valence-electron chi connectivity index (χ4n) is 1.71. The number of aliphatic hydroxyl groups is 1. The second kappa shape index (κ2) is 9.13. The van der Waals surface area contributed by atoms with Crippen molar-refractivity contribution in [1.29, 1.82) is 0 Å². The Morgan fingerprint density at radius 3 is 2.59 bits per heavy atom. The van der Waals surface area contributed by atoms with Crippen LogP contribution in [-0.2, 0) is 6.42 Å². The smallest absolute Gasteiger partial charge is 0.0956 e. The van der Waals surface area contributed by atoms with Gasteiger partial charge in [-0.3, -0.25) is 4.90 Å². The highest BCUT2D eigenvalue weighted by atomic mass is 16.3. The summed E-state index contributed by atoms with van der Waals surface area (Å²) in [5, 5.41) is 12.3. The molecule has 0 aromatic heterocycles. The molecule has 4 nitrogen and oxygen atoms in total. The fraction of sp³-hybridized carbons (Fsp3) is 0.538. The van der Waals surface area contributed by atoms with Crippen molar-refractivity contribution in [2.45, 2.75) is 12.8 Å². The number of benzene rings is 1. The Bertz CT molecular complexity index is 279. The molecule has 0 amide bonds. The minimum absolute atomic E-state index is 0.120. The first-order valence-corrected chi connectivity index (χ1v) is 6.14. The predicted octanol–water partition coefficient (Wildman–Crippen LogP) is 0.377. The zero-order valence-corrected chi connectivity index (χ0v) is 10.3. The van der Waals surface area contributed by atoms with Gasteiger partial charge < -0.3 is 16.2 Å². The van der Waals surface area contributed by atoms with Crippen LogP contribution in [0, 0.1) is 0 Å². The van der Waals surface area contributed by atoms with Crippen LogP contribution in [0.25, 0.3) is 0 Å². The van der Waals surface area contributed by atoms with Gasteiger partial charge in [-0.05, 0) is 24.9 Å². The van der Waals surface area contributed by atoms with Gasteiger partial charge in [0.1, 0.15) is 0 Å². The lowest BCUT2D eigenvalue weighted by Crippen LogP contribution is -2.31. The van der Waals surface area contributed by atoms with E-state index in [0.717, 1.165) is 32.5 Å². The van der Waals surface area contributed by atoms with E-state index >= 15 is 0 Å². The quantitative estimate of drug-likeness (QED) is 0.429. The number of hydrogen-bond acceptors (Lipinski definition) is 4. The number of nitrogens with two attached hydrogens (primary N) is 1. The Kier molecular flexibility index (Phi) is 7.58. The maximum absolute atomic E-state index is 9.24. The highest BCUT2D eigenvalue weighted by molar-refractivity contribution is 5.14. The summed E-state index contributed by atoms with van der Waals surface area (Å²) in [6, 6.07) is 10.3. The van der Waals surface area contributed by atoms with E-state index in [2.05, 4.69) is 17.4 Å². The highest BCUT2D eigenvalue weighted by Gasteiger charge is 2.02. The van der Waals surface area contributed by atoms with E-state index in [1.807, 2.05) is 23.1 Å². The monoisotopic (exact) mass is 237 g/mol. The summed E-state index contributed by atoms with van der Waals surface area (Å²) in [6.45, 7) is 3.33. The molecule has 1 rings (SSSR count). The van der Waals surface area contributed by atoms with Gasteiger partial charge in [-0.1, -0.05) is 30.3 Å². The van der Waals surface area contributed by atoms with Crippen LogP contribution < -0.4 is 11.1 Å². The molecule has 1 aromatic rings. The molecule has 96 valence electrons. The summed E-state index contributed by atoms with van der Waals surface area (Å²) in [7, 11) is 0. The lowest BCUT2D eigenvalue weighted by atomic mass is 10.1. The topological polar surface area (TPSA) is 61.5 Å². The number of nitrogens with zero attached hydrogens (tertiary/aromatic N) is 1. The van der Waals surface area contributed by atoms with Gasteiger partial charge in [0.15, 0.2) is 0 Å². The van der Waals surface area contributed by atoms with Gasteiger partial charge >= 0.3 is 0 Å². The molecule has 0 heterocycles. The summed E-state index contributed by atoms with van der Waals surface area (Å²) in [4.78, 5) is 2.05. The van der Waals surface area contributed by atoms with E-state index in [9.17, 15) is 5.11 Å². The van der Waals surface area contributed by atoms with Crippen LogP contribution >= 0.6 is 0 Å². The Hall–Kier alpha value is -0.940. The van der Waals surface area contributed by atoms with Crippen molar-refractivity contribution in [2.24, 2.45) is 5.73 Å². The molecular weight excluding hydrogens is 214 g/mol. The van der Waals surface area contributed by atoms with Crippen LogP contribution in [0.5, 0.6) is 0 Å². The number of hydrogen-bond donors (Lipinski definition) is 3. The van der Waals surface area contributed by atoms with Crippen LogP contribution in [0.4, 0.5) is 0 Å². The van der Waals surface area contributed by atoms with Gasteiger partial charge in [-0.25, -0.2) is 0 Å². The lowest BCUT2D eigenvalue weighted by molar-refractivity contribution is 0.107. The zero-order chi connectivity index (χ0) is 12.3. The van der Waals surface area contributed by atoms with Crippen molar-refractivity contribution in [3.63, 3.8) is 0 Å². The first-order valence-electron chi connectivity index (χ1n) is 6.14. The summed E-state index contributed by atoms with van der Waals surface area (Å²) in [5.74, 6) is 0. The summed E-state index contributed by atoms with van der Waals surface area (Å²) < 4.78 is 0. The maximum Gasteiger partial charge on any atom is 0.0956 e. The van der Waals surface area contributed by atoms with E-state index in [0.29, 0.717) is 6.67 Å². The van der Waals surface area contributed by atoms with Crippen LogP contribution in [0.2, 0.25) is 0 Å². The molecule has 0 aliphatic heterocycles. The van der Waals surface area contributed by atoms with Crippen molar-refractivity contribution in [1.82, 2.24) is 10.2 Å². The number of aliphatic hydroxyl groups excluding tert-OH is 1. The van der Waals surface area contributed by atoms with Crippen molar-refractivity contribution in [2.75, 3.05) is 33.0 Å². The molecule has 0 atom stereocenters. The Labute approximate surface area is 103 Å². The number of nitrogens with one attached hydrogen (secondary N) is 1. The molecule has 0 unspecified atom stereocenters. The molecule has 0 aliphatic carbocycles. The third-order valence-electron chi connectivity index (χ3n) is 2.73. The Morgan fingerprint density at radius 2 is 1.94 bits per heavy atom. The molecule has 0 fully saturated rings. The second-order valence-corrected chi connectivity index (χ2v) is 4.05. The van der Waals surface area contributed by atoms with Gasteiger partial charge in [-0.15, -0.1) is 0 Å². The van der Waals surface area contributed by atoms with E-state index in [1.165, 1.54) is 5.56 Å². The largest absolute Gasteiger partial charge is 0.381 e. The van der Waals surface area contributed by atoms with E-state index < -0.39 is 0 Å². The SMILES string of the molecule is NCNCCCN(CO)CCc1ccccc1. The van der Waals surface area contributed by atoms with Crippen LogP contribution in [0.3, 0.4) is 0 Å². The molecule has 0 saturated heterocycles. The van der Waals surface area contributed by atoms with Crippen LogP contribution in [-0.4, -0.2) is 43.0 Å². The lowest BCUT2D eigenvalue weighted by Gasteiger charge is -2.19. The van der Waals surface area contributed by atoms with E-state index in [4.69, 9.17) is 5.73 Å². The zero-order valence-electron chi connectivity index (χ0n) is 10.3. The average Bonchev–Trinajstić information content (AvgIpc) is 2.39. The normalized spacial score (nSPS) is 11.0. The third kappa shape index (κ3) is 6.38. The van der Waals surface area contributed by atoms with Gasteiger partial charge in [0.05, 0.1) is 6.73 Å². The first kappa shape index (κ1) is 14.1. The molecule has 4 heteroatoms. The average molecular weight is 237 g/mol. The molecule has 4 N–H and O–H groups in total. The molecule has 0 saturated carbocycles. The molecule has 0 spiro atoms. The molecule has 0 aliphatic rings. The summed E-state index contributed by atoms with van der Waals surface area (Å²) >= 11 is 0. The predicted molar refractivity (Wildman–Crippen MR) is 70.5 cm³/mol. The fourth-order valence-corrected chi connectivity index (χ4v) is 1.71. The van der Waals surface area contributed by atoms with Gasteiger partial charge in [-0.2, -0.15) is 0 Å².